The largest absolute Gasteiger partial charge is 0.453 e. The second kappa shape index (κ2) is 11.3. The van der Waals surface area contributed by atoms with Crippen molar-refractivity contribution >= 4 is 46.7 Å². The first-order valence-electron chi connectivity index (χ1n) is 11.7. The minimum atomic E-state index is -0.459. The first-order chi connectivity index (χ1) is 17.9. The Bertz CT molecular complexity index is 1410. The molecule has 0 N–H and O–H groups in total. The number of pyridine rings is 1. The fourth-order valence-electron chi connectivity index (χ4n) is 4.42. The normalized spacial score (nSPS) is 15.8. The Morgan fingerprint density at radius 3 is 2.78 bits per heavy atom. The molecule has 2 aromatic heterocycles. The number of carbonyl (C=O) groups excluding carboxylic acids is 1. The Balaban J connectivity index is 1.49. The highest BCUT2D eigenvalue weighted by Crippen LogP contribution is 2.38. The van der Waals surface area contributed by atoms with E-state index >= 15 is 4.39 Å². The summed E-state index contributed by atoms with van der Waals surface area (Å²) in [5, 5.41) is 0.785. The SMILES string of the molecule is COC(=O)N1CCOC(Cc2c(-c3c(F)cc(SCc4ccccc4)cc3Cl)nc3cc(Cl)ccn23)C1. The molecule has 37 heavy (non-hydrogen) atoms. The summed E-state index contributed by atoms with van der Waals surface area (Å²) in [5.74, 6) is 0.239. The summed E-state index contributed by atoms with van der Waals surface area (Å²) in [6.45, 7) is 1.17. The molecule has 0 spiro atoms. The van der Waals surface area contributed by atoms with Crippen molar-refractivity contribution in [2.75, 3.05) is 26.8 Å². The second-order valence-corrected chi connectivity index (χ2v) is 10.5. The van der Waals surface area contributed by atoms with Gasteiger partial charge in [-0.2, -0.15) is 0 Å². The molecule has 1 unspecified atom stereocenters. The maximum atomic E-state index is 15.6. The number of thioether (sulfide) groups is 1. The van der Waals surface area contributed by atoms with Crippen LogP contribution in [0.15, 0.2) is 65.7 Å². The zero-order chi connectivity index (χ0) is 25.9. The number of imidazole rings is 1. The Kier molecular flexibility index (Phi) is 7.90. The molecule has 1 fully saturated rings. The molecule has 10 heteroatoms. The lowest BCUT2D eigenvalue weighted by atomic mass is 10.0. The summed E-state index contributed by atoms with van der Waals surface area (Å²) in [6.07, 6.45) is 1.44. The Morgan fingerprint density at radius 1 is 1.22 bits per heavy atom. The van der Waals surface area contributed by atoms with Crippen LogP contribution >= 0.6 is 35.0 Å². The predicted molar refractivity (Wildman–Crippen MR) is 144 cm³/mol. The number of carbonyl (C=O) groups is 1. The second-order valence-electron chi connectivity index (χ2n) is 8.63. The Morgan fingerprint density at radius 2 is 2.03 bits per heavy atom. The third-order valence-corrected chi connectivity index (χ3v) is 7.76. The Labute approximate surface area is 228 Å². The van der Waals surface area contributed by atoms with Crippen LogP contribution < -0.4 is 0 Å². The molecule has 6 nitrogen and oxygen atoms in total. The van der Waals surface area contributed by atoms with E-state index in [1.807, 2.05) is 34.7 Å². The van der Waals surface area contributed by atoms with Gasteiger partial charge < -0.3 is 18.8 Å². The fourth-order valence-corrected chi connectivity index (χ4v) is 5.85. The summed E-state index contributed by atoms with van der Waals surface area (Å²) in [7, 11) is 1.35. The molecule has 0 bridgehead atoms. The molecule has 1 aliphatic rings. The van der Waals surface area contributed by atoms with Gasteiger partial charge in [0.25, 0.3) is 0 Å². The molecule has 5 rings (SSSR count). The van der Waals surface area contributed by atoms with Crippen LogP contribution in [0.2, 0.25) is 10.0 Å². The molecule has 4 aromatic rings. The van der Waals surface area contributed by atoms with Crippen molar-refractivity contribution in [1.29, 1.82) is 0 Å². The molecule has 1 atom stereocenters. The summed E-state index contributed by atoms with van der Waals surface area (Å²) in [5.41, 5.74) is 3.07. The number of aromatic nitrogens is 2. The molecule has 0 aliphatic carbocycles. The lowest BCUT2D eigenvalue weighted by Crippen LogP contribution is -2.46. The number of morpholine rings is 1. The van der Waals surface area contributed by atoms with Gasteiger partial charge >= 0.3 is 6.09 Å². The lowest BCUT2D eigenvalue weighted by molar-refractivity contribution is -0.0241. The number of amides is 1. The molecule has 1 aliphatic heterocycles. The van der Waals surface area contributed by atoms with E-state index in [-0.39, 0.29) is 16.7 Å². The standard InChI is InChI=1S/C27H24Cl2FN3O3S/c1-35-27(34)32-9-10-36-19(15-32)12-23-26(31-24-11-18(28)7-8-33(23)24)25-21(29)13-20(14-22(25)30)37-16-17-5-3-2-4-6-17/h2-8,11,13-14,19H,9-10,12,15-16H2,1H3. The molecule has 192 valence electrons. The highest BCUT2D eigenvalue weighted by Gasteiger charge is 2.29. The van der Waals surface area contributed by atoms with Crippen molar-refractivity contribution < 1.29 is 18.7 Å². The van der Waals surface area contributed by atoms with Crippen LogP contribution in [0.3, 0.4) is 0 Å². The van der Waals surface area contributed by atoms with Gasteiger partial charge in [-0.05, 0) is 23.8 Å². The van der Waals surface area contributed by atoms with Gasteiger partial charge in [0.2, 0.25) is 0 Å². The fraction of sp³-hybridized carbons (Fsp3) is 0.259. The minimum Gasteiger partial charge on any atom is -0.453 e. The minimum absolute atomic E-state index is 0.223. The first kappa shape index (κ1) is 25.9. The number of benzene rings is 2. The highest BCUT2D eigenvalue weighted by molar-refractivity contribution is 7.98. The number of hydrogen-bond acceptors (Lipinski definition) is 5. The van der Waals surface area contributed by atoms with Gasteiger partial charge in [-0.15, -0.1) is 11.8 Å². The number of rotatable bonds is 6. The third kappa shape index (κ3) is 5.72. The first-order valence-corrected chi connectivity index (χ1v) is 13.4. The van der Waals surface area contributed by atoms with Gasteiger partial charge in [-0.25, -0.2) is 14.2 Å². The van der Waals surface area contributed by atoms with Gasteiger partial charge in [0.05, 0.1) is 48.3 Å². The number of nitrogens with zero attached hydrogens (tertiary/aromatic N) is 3. The average molecular weight is 560 g/mol. The van der Waals surface area contributed by atoms with Crippen molar-refractivity contribution in [3.05, 3.63) is 87.9 Å². The topological polar surface area (TPSA) is 56.1 Å². The zero-order valence-electron chi connectivity index (χ0n) is 20.0. The van der Waals surface area contributed by atoms with Gasteiger partial charge in [0.15, 0.2) is 0 Å². The maximum Gasteiger partial charge on any atom is 0.409 e. The average Bonchev–Trinajstić information content (AvgIpc) is 3.23. The van der Waals surface area contributed by atoms with Crippen molar-refractivity contribution in [2.45, 2.75) is 23.2 Å². The van der Waals surface area contributed by atoms with E-state index in [0.717, 1.165) is 10.5 Å². The predicted octanol–water partition coefficient (Wildman–Crippen LogP) is 6.75. The Hall–Kier alpha value is -2.78. The zero-order valence-corrected chi connectivity index (χ0v) is 22.3. The number of halogens is 3. The summed E-state index contributed by atoms with van der Waals surface area (Å²) < 4.78 is 28.3. The van der Waals surface area contributed by atoms with Crippen LogP contribution in [0.4, 0.5) is 9.18 Å². The summed E-state index contributed by atoms with van der Waals surface area (Å²) in [6, 6.07) is 16.7. The van der Waals surface area contributed by atoms with E-state index in [9.17, 15) is 4.79 Å². The molecule has 1 amide bonds. The molecule has 0 radical (unpaired) electrons. The van der Waals surface area contributed by atoms with Gasteiger partial charge in [0, 0.05) is 40.9 Å². The monoisotopic (exact) mass is 559 g/mol. The van der Waals surface area contributed by atoms with Gasteiger partial charge in [-0.1, -0.05) is 53.5 Å². The maximum absolute atomic E-state index is 15.6. The quantitative estimate of drug-likeness (QED) is 0.244. The smallest absolute Gasteiger partial charge is 0.409 e. The molecular weight excluding hydrogens is 536 g/mol. The highest BCUT2D eigenvalue weighted by atomic mass is 35.5. The van der Waals surface area contributed by atoms with Crippen LogP contribution in [0, 0.1) is 5.82 Å². The number of fused-ring (bicyclic) bond motifs is 1. The lowest BCUT2D eigenvalue weighted by Gasteiger charge is -2.32. The van der Waals surface area contributed by atoms with Gasteiger partial charge in [0.1, 0.15) is 11.5 Å². The molecule has 2 aromatic carbocycles. The number of methoxy groups -OCH3 is 1. The number of hydrogen-bond donors (Lipinski definition) is 0. The van der Waals surface area contributed by atoms with Gasteiger partial charge in [-0.3, -0.25) is 0 Å². The molecule has 0 saturated carbocycles. The van der Waals surface area contributed by atoms with E-state index in [4.69, 9.17) is 37.7 Å². The van der Waals surface area contributed by atoms with Crippen molar-refractivity contribution in [3.8, 4) is 11.3 Å². The van der Waals surface area contributed by atoms with Crippen LogP contribution in [-0.4, -0.2) is 53.3 Å². The molecule has 1 saturated heterocycles. The summed E-state index contributed by atoms with van der Waals surface area (Å²) in [4.78, 5) is 19.1. The van der Waals surface area contributed by atoms with E-state index in [1.165, 1.54) is 24.9 Å². The molecule has 3 heterocycles. The van der Waals surface area contributed by atoms with Crippen molar-refractivity contribution in [2.24, 2.45) is 0 Å². The van der Waals surface area contributed by atoms with E-state index in [2.05, 4.69) is 0 Å². The van der Waals surface area contributed by atoms with Crippen LogP contribution in [0.1, 0.15) is 11.3 Å². The number of ether oxygens (including phenoxy) is 2. The van der Waals surface area contributed by atoms with E-state index in [1.54, 1.807) is 29.3 Å². The van der Waals surface area contributed by atoms with Crippen LogP contribution in [0.25, 0.3) is 16.9 Å². The van der Waals surface area contributed by atoms with Crippen LogP contribution in [-0.2, 0) is 21.6 Å². The van der Waals surface area contributed by atoms with Crippen LogP contribution in [0.5, 0.6) is 0 Å². The summed E-state index contributed by atoms with van der Waals surface area (Å²) >= 11 is 14.4. The van der Waals surface area contributed by atoms with Crippen molar-refractivity contribution in [3.63, 3.8) is 0 Å². The van der Waals surface area contributed by atoms with Crippen molar-refractivity contribution in [1.82, 2.24) is 14.3 Å². The van der Waals surface area contributed by atoms with E-state index < -0.39 is 11.9 Å². The third-order valence-electron chi connectivity index (χ3n) is 6.18. The molecular formula is C27H24Cl2FN3O3S. The van der Waals surface area contributed by atoms with E-state index in [0.29, 0.717) is 53.9 Å².